The van der Waals surface area contributed by atoms with Crippen molar-refractivity contribution in [1.29, 1.82) is 0 Å². The van der Waals surface area contributed by atoms with Gasteiger partial charge in [-0.15, -0.1) is 0 Å². The quantitative estimate of drug-likeness (QED) is 0.467. The lowest BCUT2D eigenvalue weighted by Gasteiger charge is -2.09. The van der Waals surface area contributed by atoms with Crippen LogP contribution in [-0.2, 0) is 0 Å². The summed E-state index contributed by atoms with van der Waals surface area (Å²) >= 11 is 0. The van der Waals surface area contributed by atoms with Gasteiger partial charge in [0.2, 0.25) is 0 Å². The summed E-state index contributed by atoms with van der Waals surface area (Å²) in [5, 5.41) is 12.8. The molecule has 0 bridgehead atoms. The van der Waals surface area contributed by atoms with Gasteiger partial charge in [-0.2, -0.15) is 13.2 Å². The summed E-state index contributed by atoms with van der Waals surface area (Å²) in [7, 11) is 0. The number of carbonyl (C=O) groups excluding carboxylic acids is 1. The second kappa shape index (κ2) is 8.79. The number of aliphatic imine (C=N–C) groups is 1. The van der Waals surface area contributed by atoms with Crippen LogP contribution in [0.5, 0.6) is 5.88 Å². The Hall–Kier alpha value is -3.36. The first-order valence-electron chi connectivity index (χ1n) is 9.82. The molecule has 3 N–H and O–H groups in total. The number of hydrogen-bond acceptors (Lipinski definition) is 4. The summed E-state index contributed by atoms with van der Waals surface area (Å²) in [4.78, 5) is 24.0. The van der Waals surface area contributed by atoms with E-state index >= 15 is 0 Å². The third-order valence-electron chi connectivity index (χ3n) is 4.74. The lowest BCUT2D eigenvalue weighted by Crippen LogP contribution is -2.33. The van der Waals surface area contributed by atoms with Gasteiger partial charge in [0.25, 0.3) is 5.91 Å². The van der Waals surface area contributed by atoms with E-state index in [0.29, 0.717) is 34.3 Å². The van der Waals surface area contributed by atoms with E-state index in [1.54, 1.807) is 6.20 Å². The average Bonchev–Trinajstić information content (AvgIpc) is 3.04. The van der Waals surface area contributed by atoms with E-state index in [1.807, 2.05) is 38.2 Å². The number of rotatable bonds is 6. The molecule has 0 fully saturated rings. The molecule has 0 aliphatic heterocycles. The minimum Gasteiger partial charge on any atom is -0.494 e. The van der Waals surface area contributed by atoms with Crippen molar-refractivity contribution in [2.75, 3.05) is 6.54 Å². The number of fused-ring (bicyclic) bond motifs is 1. The highest BCUT2D eigenvalue weighted by atomic mass is 19.4. The molecule has 0 saturated carbocycles. The third kappa shape index (κ3) is 5.22. The summed E-state index contributed by atoms with van der Waals surface area (Å²) in [6, 6.07) is 8.09. The lowest BCUT2D eigenvalue weighted by molar-refractivity contribution is -0.123. The fourth-order valence-electron chi connectivity index (χ4n) is 3.17. The molecule has 0 saturated heterocycles. The largest absolute Gasteiger partial charge is 0.494 e. The molecule has 2 heterocycles. The Morgan fingerprint density at radius 1 is 1.26 bits per heavy atom. The summed E-state index contributed by atoms with van der Waals surface area (Å²) < 4.78 is 37.2. The molecule has 9 heteroatoms. The van der Waals surface area contributed by atoms with Gasteiger partial charge < -0.3 is 15.4 Å². The maximum Gasteiger partial charge on any atom is 0.405 e. The number of amides is 1. The molecular weight excluding hydrogens is 409 g/mol. The molecule has 3 aromatic rings. The van der Waals surface area contributed by atoms with Crippen LogP contribution >= 0.6 is 0 Å². The second-order valence-corrected chi connectivity index (χ2v) is 7.41. The van der Waals surface area contributed by atoms with Crippen LogP contribution in [-0.4, -0.2) is 39.4 Å². The number of aromatic nitrogens is 2. The van der Waals surface area contributed by atoms with Crippen LogP contribution in [0.2, 0.25) is 0 Å². The molecule has 0 aliphatic rings. The Balaban J connectivity index is 1.99. The number of pyridine rings is 1. The van der Waals surface area contributed by atoms with Crippen molar-refractivity contribution in [2.45, 2.75) is 39.3 Å². The van der Waals surface area contributed by atoms with E-state index in [1.165, 1.54) is 18.2 Å². The molecular formula is C22H23F3N4O2. The highest BCUT2D eigenvalue weighted by Crippen LogP contribution is 2.31. The number of carbonyl (C=O) groups is 1. The number of alkyl halides is 3. The topological polar surface area (TPSA) is 90.4 Å². The Bertz CT molecular complexity index is 1120. The molecule has 1 aromatic carbocycles. The Kier molecular flexibility index (Phi) is 6.33. The van der Waals surface area contributed by atoms with Gasteiger partial charge in [0, 0.05) is 22.2 Å². The fraction of sp³-hybridized carbons (Fsp3) is 0.318. The summed E-state index contributed by atoms with van der Waals surface area (Å²) in [6.45, 7) is 4.52. The van der Waals surface area contributed by atoms with Gasteiger partial charge in [-0.1, -0.05) is 20.8 Å². The van der Waals surface area contributed by atoms with E-state index in [0.717, 1.165) is 5.69 Å². The minimum absolute atomic E-state index is 0.0513. The first kappa shape index (κ1) is 22.3. The molecule has 0 aliphatic carbocycles. The Morgan fingerprint density at radius 3 is 2.58 bits per heavy atom. The van der Waals surface area contributed by atoms with E-state index in [-0.39, 0.29) is 17.4 Å². The van der Waals surface area contributed by atoms with Crippen LogP contribution < -0.4 is 5.32 Å². The first-order valence-corrected chi connectivity index (χ1v) is 9.82. The second-order valence-electron chi connectivity index (χ2n) is 7.41. The van der Waals surface area contributed by atoms with Crippen molar-refractivity contribution < 1.29 is 23.1 Å². The Labute approximate surface area is 177 Å². The van der Waals surface area contributed by atoms with Crippen LogP contribution in [0.4, 0.5) is 18.9 Å². The van der Waals surface area contributed by atoms with Crippen molar-refractivity contribution >= 4 is 28.2 Å². The number of aromatic amines is 1. The van der Waals surface area contributed by atoms with Crippen molar-refractivity contribution in [3.05, 3.63) is 53.3 Å². The monoisotopic (exact) mass is 432 g/mol. The number of benzene rings is 1. The zero-order chi connectivity index (χ0) is 22.8. The van der Waals surface area contributed by atoms with E-state index in [4.69, 9.17) is 0 Å². The van der Waals surface area contributed by atoms with Crippen molar-refractivity contribution in [3.8, 4) is 5.88 Å². The molecule has 1 amide bonds. The molecule has 0 spiro atoms. The summed E-state index contributed by atoms with van der Waals surface area (Å²) in [5.74, 6) is -0.701. The van der Waals surface area contributed by atoms with Crippen LogP contribution in [0.15, 0.2) is 41.5 Å². The summed E-state index contributed by atoms with van der Waals surface area (Å²) in [5.41, 5.74) is 3.08. The van der Waals surface area contributed by atoms with Gasteiger partial charge in [0.15, 0.2) is 5.88 Å². The smallest absolute Gasteiger partial charge is 0.405 e. The fourth-order valence-corrected chi connectivity index (χ4v) is 3.17. The number of hydrogen-bond donors (Lipinski definition) is 3. The predicted molar refractivity (Wildman–Crippen MR) is 113 cm³/mol. The standard InChI is InChI=1S/C22H23F3N4O2/c1-4-16(28-14-6-8-17(12(2)3)26-10-14)19-15-9-13(5-7-18(15)29-21(19)31)20(30)27-11-22(23,24)25/h5-10,12,29,31H,4,11H2,1-3H3,(H,27,30). The molecule has 6 nitrogen and oxygen atoms in total. The highest BCUT2D eigenvalue weighted by molar-refractivity contribution is 6.14. The predicted octanol–water partition coefficient (Wildman–Crippen LogP) is 5.21. The molecule has 164 valence electrons. The zero-order valence-corrected chi connectivity index (χ0v) is 17.3. The average molecular weight is 432 g/mol. The van der Waals surface area contributed by atoms with Crippen molar-refractivity contribution in [3.63, 3.8) is 0 Å². The van der Waals surface area contributed by atoms with Crippen LogP contribution in [0, 0.1) is 0 Å². The highest BCUT2D eigenvalue weighted by Gasteiger charge is 2.28. The molecule has 0 atom stereocenters. The number of H-pyrrole nitrogens is 1. The number of aromatic hydroxyl groups is 1. The van der Waals surface area contributed by atoms with Crippen LogP contribution in [0.25, 0.3) is 10.9 Å². The molecule has 0 unspecified atom stereocenters. The van der Waals surface area contributed by atoms with Gasteiger partial charge in [-0.05, 0) is 42.7 Å². The van der Waals surface area contributed by atoms with Crippen molar-refractivity contribution in [1.82, 2.24) is 15.3 Å². The SMILES string of the molecule is CCC(=Nc1ccc(C(C)C)nc1)c1c(O)[nH]c2ccc(C(=O)NCC(F)(F)F)cc12. The third-order valence-corrected chi connectivity index (χ3v) is 4.74. The number of nitrogens with one attached hydrogen (secondary N) is 2. The molecule has 2 aromatic heterocycles. The number of halogens is 3. The lowest BCUT2D eigenvalue weighted by atomic mass is 10.0. The van der Waals surface area contributed by atoms with Gasteiger partial charge in [-0.3, -0.25) is 14.8 Å². The minimum atomic E-state index is -4.50. The first-order chi connectivity index (χ1) is 14.6. The number of nitrogens with zero attached hydrogens (tertiary/aromatic N) is 2. The van der Waals surface area contributed by atoms with Gasteiger partial charge >= 0.3 is 6.18 Å². The maximum absolute atomic E-state index is 12.4. The van der Waals surface area contributed by atoms with E-state index < -0.39 is 18.6 Å². The summed E-state index contributed by atoms with van der Waals surface area (Å²) in [6.07, 6.45) is -2.39. The van der Waals surface area contributed by atoms with Gasteiger partial charge in [0.1, 0.15) is 6.54 Å². The van der Waals surface area contributed by atoms with Gasteiger partial charge in [-0.25, -0.2) is 0 Å². The van der Waals surface area contributed by atoms with E-state index in [9.17, 15) is 23.1 Å². The van der Waals surface area contributed by atoms with Gasteiger partial charge in [0.05, 0.1) is 23.2 Å². The normalized spacial score (nSPS) is 12.5. The van der Waals surface area contributed by atoms with E-state index in [2.05, 4.69) is 15.0 Å². The van der Waals surface area contributed by atoms with Crippen LogP contribution in [0.3, 0.4) is 0 Å². The maximum atomic E-state index is 12.4. The molecule has 0 radical (unpaired) electrons. The van der Waals surface area contributed by atoms with Crippen molar-refractivity contribution in [2.24, 2.45) is 4.99 Å². The zero-order valence-electron chi connectivity index (χ0n) is 17.3. The Morgan fingerprint density at radius 2 is 2.00 bits per heavy atom. The van der Waals surface area contributed by atoms with Crippen LogP contribution in [0.1, 0.15) is 54.7 Å². The molecule has 31 heavy (non-hydrogen) atoms. The molecule has 3 rings (SSSR count).